The van der Waals surface area contributed by atoms with Crippen molar-refractivity contribution in [2.75, 3.05) is 0 Å². The summed E-state index contributed by atoms with van der Waals surface area (Å²) < 4.78 is 71.0. The van der Waals surface area contributed by atoms with Crippen LogP contribution in [0.5, 0.6) is 0 Å². The number of allylic oxidation sites excluding steroid dienone is 4. The molecule has 2 aromatic carbocycles. The lowest BCUT2D eigenvalue weighted by Crippen LogP contribution is -2.51. The fourth-order valence-corrected chi connectivity index (χ4v) is 8.95. The summed E-state index contributed by atoms with van der Waals surface area (Å²) in [6.45, 7) is 5.71. The zero-order valence-corrected chi connectivity index (χ0v) is 30.4. The number of benzene rings is 2. The van der Waals surface area contributed by atoms with Gasteiger partial charge in [0.15, 0.2) is 11.4 Å². The van der Waals surface area contributed by atoms with E-state index in [2.05, 4.69) is 23.7 Å². The largest absolute Gasteiger partial charge is 0.737 e. The van der Waals surface area contributed by atoms with E-state index < -0.39 is 13.9 Å². The van der Waals surface area contributed by atoms with Crippen LogP contribution in [0.2, 0.25) is 0 Å². The maximum Gasteiger partial charge on any atom is 0.737 e. The first-order chi connectivity index (χ1) is 24.7. The van der Waals surface area contributed by atoms with Crippen LogP contribution in [-0.4, -0.2) is 43.3 Å². The molecule has 258 valence electrons. The molecule has 52 heavy (non-hydrogen) atoms. The molecule has 6 heterocycles. The molecule has 0 radical (unpaired) electrons. The third kappa shape index (κ3) is 4.40. The molecule has 0 unspecified atom stereocenters. The van der Waals surface area contributed by atoms with Crippen molar-refractivity contribution in [1.82, 2.24) is 8.96 Å². The van der Waals surface area contributed by atoms with Crippen molar-refractivity contribution in [3.63, 3.8) is 0 Å². The molecule has 2 aromatic heterocycles. The van der Waals surface area contributed by atoms with Gasteiger partial charge in [0.05, 0.1) is 22.3 Å². The molecule has 0 atom stereocenters. The minimum Gasteiger partial charge on any atom is -0.393 e. The second kappa shape index (κ2) is 11.4. The van der Waals surface area contributed by atoms with Crippen LogP contribution in [-0.2, 0) is 0 Å². The van der Waals surface area contributed by atoms with Gasteiger partial charge in [0.1, 0.15) is 11.4 Å². The Bertz CT molecular complexity index is 2460. The molecule has 8 rings (SSSR count). The molecule has 0 N–H and O–H groups in total. The van der Waals surface area contributed by atoms with Crippen LogP contribution >= 0.6 is 0 Å². The van der Waals surface area contributed by atoms with Gasteiger partial charge in [-0.05, 0) is 111 Å². The van der Waals surface area contributed by atoms with Crippen molar-refractivity contribution in [2.24, 2.45) is 0 Å². The number of halogens is 4. The van der Waals surface area contributed by atoms with Crippen molar-refractivity contribution >= 4 is 36.5 Å². The van der Waals surface area contributed by atoms with Gasteiger partial charge in [0.25, 0.3) is 0 Å². The molecule has 0 fully saturated rings. The van der Waals surface area contributed by atoms with Crippen LogP contribution < -0.4 is 0 Å². The molecule has 0 saturated carbocycles. The highest BCUT2D eigenvalue weighted by Gasteiger charge is 2.57. The highest BCUT2D eigenvalue weighted by molar-refractivity contribution is 6.59. The summed E-state index contributed by atoms with van der Waals surface area (Å²) in [5.41, 5.74) is 10.5. The Balaban J connectivity index is 1.29. The predicted molar refractivity (Wildman–Crippen MR) is 202 cm³/mol. The molecule has 4 aromatic rings. The Hall–Kier alpha value is -5.73. The Morgan fingerprint density at radius 2 is 0.865 bits per heavy atom. The number of hydrogen-bond donors (Lipinski definition) is 0. The van der Waals surface area contributed by atoms with E-state index in [1.807, 2.05) is 100 Å². The second-order valence-electron chi connectivity index (χ2n) is 14.1. The maximum atomic E-state index is 16.6. The summed E-state index contributed by atoms with van der Waals surface area (Å²) in [4.78, 5) is 0. The first-order valence-electron chi connectivity index (χ1n) is 17.4. The normalized spacial score (nSPS) is 18.3. The maximum absolute atomic E-state index is 16.6. The van der Waals surface area contributed by atoms with Gasteiger partial charge in [0, 0.05) is 36.4 Å². The lowest BCUT2D eigenvalue weighted by Gasteiger charge is -2.34. The van der Waals surface area contributed by atoms with E-state index in [-0.39, 0.29) is 0 Å². The molecule has 4 nitrogen and oxygen atoms in total. The van der Waals surface area contributed by atoms with E-state index in [4.69, 9.17) is 0 Å². The predicted octanol–water partition coefficient (Wildman–Crippen LogP) is 8.83. The SMILES string of the molecule is CC1=C(C#CC#CC2=C(C)C3=C(c4ccccc4)c4c(C)cc(C)n4[B-](F)(F)[N+]3=C2C)C(C)=[N+]2C1=C(c1ccccc1)c1c(C)cc(C)n1[B-]2(F)F. The van der Waals surface area contributed by atoms with Crippen LogP contribution in [0.1, 0.15) is 72.7 Å². The highest BCUT2D eigenvalue weighted by Crippen LogP contribution is 2.47. The summed E-state index contributed by atoms with van der Waals surface area (Å²) >= 11 is 0. The first kappa shape index (κ1) is 33.4. The van der Waals surface area contributed by atoms with Gasteiger partial charge >= 0.3 is 13.9 Å². The van der Waals surface area contributed by atoms with Crippen LogP contribution in [0.3, 0.4) is 0 Å². The van der Waals surface area contributed by atoms with E-state index >= 15 is 17.3 Å². The second-order valence-corrected chi connectivity index (χ2v) is 14.1. The van der Waals surface area contributed by atoms with E-state index in [1.165, 1.54) is 8.96 Å². The van der Waals surface area contributed by atoms with E-state index in [1.54, 1.807) is 27.7 Å². The molecule has 0 spiro atoms. The Labute approximate surface area is 301 Å². The van der Waals surface area contributed by atoms with Crippen molar-refractivity contribution in [3.05, 3.63) is 152 Å². The van der Waals surface area contributed by atoms with E-state index in [0.717, 1.165) is 42.4 Å². The number of hydrogen-bond acceptors (Lipinski definition) is 0. The number of aryl methyl sites for hydroxylation is 4. The number of aromatic nitrogens is 2. The van der Waals surface area contributed by atoms with Crippen molar-refractivity contribution < 1.29 is 26.2 Å². The zero-order chi connectivity index (χ0) is 37.0. The van der Waals surface area contributed by atoms with Gasteiger partial charge in [0.2, 0.25) is 0 Å². The standard InChI is InChI=1S/C42H36B2F4N4/c1-25-23-27(3)49-39(25)37(33-17-11-9-12-18-33)41-29(5)35(31(7)51(41)43(49,45)46)21-15-16-22-36-30(6)42-38(34-19-13-10-14-20-34)40-26(2)24-28(4)50(40)44(47,48)52(42)32(36)8/h9-14,17-20,23-24H,1-8H3. The van der Waals surface area contributed by atoms with Crippen molar-refractivity contribution in [1.29, 1.82) is 0 Å². The summed E-state index contributed by atoms with van der Waals surface area (Å²) in [7, 11) is 0. The zero-order valence-electron chi connectivity index (χ0n) is 30.4. The Morgan fingerprint density at radius 3 is 1.21 bits per heavy atom. The lowest BCUT2D eigenvalue weighted by molar-refractivity contribution is -0.364. The highest BCUT2D eigenvalue weighted by atomic mass is 19.3. The smallest absolute Gasteiger partial charge is 0.393 e. The molecule has 0 saturated heterocycles. The Kier molecular flexibility index (Phi) is 7.32. The van der Waals surface area contributed by atoms with Crippen LogP contribution in [0.25, 0.3) is 11.1 Å². The fraction of sp³-hybridized carbons (Fsp3) is 0.190. The quantitative estimate of drug-likeness (QED) is 0.113. The van der Waals surface area contributed by atoms with Gasteiger partial charge < -0.3 is 35.2 Å². The van der Waals surface area contributed by atoms with E-state index in [9.17, 15) is 0 Å². The fourth-order valence-electron chi connectivity index (χ4n) is 8.95. The third-order valence-corrected chi connectivity index (χ3v) is 11.0. The first-order valence-corrected chi connectivity index (χ1v) is 17.4. The number of nitrogens with zero attached hydrogens (tertiary/aromatic N) is 4. The summed E-state index contributed by atoms with van der Waals surface area (Å²) in [5, 5.41) is 0. The molecule has 4 aliphatic rings. The van der Waals surface area contributed by atoms with Gasteiger partial charge in [-0.3, -0.25) is 0 Å². The van der Waals surface area contributed by atoms with Crippen LogP contribution in [0, 0.1) is 51.4 Å². The van der Waals surface area contributed by atoms with Crippen molar-refractivity contribution in [3.8, 4) is 23.7 Å². The molecule has 0 amide bonds. The van der Waals surface area contributed by atoms with Gasteiger partial charge in [-0.2, -0.15) is 0 Å². The minimum absolute atomic E-state index is 0.348. The number of rotatable bonds is 2. The van der Waals surface area contributed by atoms with E-state index in [0.29, 0.717) is 67.9 Å². The Morgan fingerprint density at radius 1 is 0.519 bits per heavy atom. The van der Waals surface area contributed by atoms with Gasteiger partial charge in [-0.25, -0.2) is 0 Å². The average Bonchev–Trinajstić information content (AvgIpc) is 3.75. The minimum atomic E-state index is -4.22. The van der Waals surface area contributed by atoms with Gasteiger partial charge in [-0.1, -0.05) is 60.7 Å². The molecule has 0 bridgehead atoms. The third-order valence-electron chi connectivity index (χ3n) is 11.0. The summed E-state index contributed by atoms with van der Waals surface area (Å²) in [5.74, 6) is 12.0. The van der Waals surface area contributed by atoms with Gasteiger partial charge in [-0.15, -0.1) is 0 Å². The summed E-state index contributed by atoms with van der Waals surface area (Å²) in [6, 6.07) is 22.8. The monoisotopic (exact) mass is 694 g/mol. The molecule has 0 aliphatic carbocycles. The lowest BCUT2D eigenvalue weighted by atomic mass is 9.84. The molecular formula is C42H36B2F4N4. The number of fused-ring (bicyclic) bond motifs is 4. The molecule has 4 aliphatic heterocycles. The van der Waals surface area contributed by atoms with Crippen LogP contribution in [0.15, 0.2) is 106 Å². The average molecular weight is 694 g/mol. The topological polar surface area (TPSA) is 15.9 Å². The molecule has 10 heteroatoms. The summed E-state index contributed by atoms with van der Waals surface area (Å²) in [6.07, 6.45) is 0. The van der Waals surface area contributed by atoms with Crippen LogP contribution in [0.4, 0.5) is 17.3 Å². The molecular weight excluding hydrogens is 658 g/mol. The van der Waals surface area contributed by atoms with Crippen molar-refractivity contribution in [2.45, 2.75) is 55.4 Å².